The Kier molecular flexibility index (Phi) is 14.1. The van der Waals surface area contributed by atoms with Crippen LogP contribution in [0.25, 0.3) is 33.8 Å². The lowest BCUT2D eigenvalue weighted by molar-refractivity contribution is -0.132. The summed E-state index contributed by atoms with van der Waals surface area (Å²) in [4.78, 5) is 32.7. The smallest absolute Gasteiger partial charge is 0.390 e. The van der Waals surface area contributed by atoms with E-state index in [4.69, 9.17) is 9.47 Å². The van der Waals surface area contributed by atoms with E-state index in [2.05, 4.69) is 36.1 Å². The second kappa shape index (κ2) is 20.2. The number of aryl methyl sites for hydroxylation is 2. The molecule has 0 bridgehead atoms. The number of hydrogen-bond acceptors (Lipinski definition) is 10. The zero-order valence-corrected chi connectivity index (χ0v) is 38.4. The number of benzene rings is 4. The Bertz CT molecular complexity index is 3320. The fourth-order valence-corrected chi connectivity index (χ4v) is 7.42. The van der Waals surface area contributed by atoms with Crippen LogP contribution < -0.4 is 25.4 Å². The van der Waals surface area contributed by atoms with Crippen molar-refractivity contribution in [3.05, 3.63) is 143 Å². The number of carbonyl (C=O) groups excluding carboxylic acids is 1. The van der Waals surface area contributed by atoms with Gasteiger partial charge < -0.3 is 30.5 Å². The van der Waals surface area contributed by atoms with Crippen molar-refractivity contribution in [2.75, 3.05) is 23.7 Å². The molecule has 1 amide bonds. The number of fused-ring (bicyclic) bond motifs is 2. The van der Waals surface area contributed by atoms with Crippen LogP contribution in [-0.4, -0.2) is 77.2 Å². The summed E-state index contributed by atoms with van der Waals surface area (Å²) in [6.07, 6.45) is -5.88. The highest BCUT2D eigenvalue weighted by atomic mass is 19.4. The molecular weight excluding hydrogens is 959 g/mol. The summed E-state index contributed by atoms with van der Waals surface area (Å²) in [5.74, 6) is -1.90. The van der Waals surface area contributed by atoms with Gasteiger partial charge in [-0.15, -0.1) is 10.2 Å². The van der Waals surface area contributed by atoms with E-state index in [1.165, 1.54) is 75.9 Å². The Balaban J connectivity index is 0.000000194. The van der Waals surface area contributed by atoms with E-state index in [0.717, 1.165) is 24.5 Å². The zero-order chi connectivity index (χ0) is 51.5. The van der Waals surface area contributed by atoms with Crippen LogP contribution in [0, 0.1) is 25.5 Å². The molecule has 22 heteroatoms. The fourth-order valence-electron chi connectivity index (χ4n) is 7.42. The van der Waals surface area contributed by atoms with Crippen molar-refractivity contribution < 1.29 is 59.3 Å². The van der Waals surface area contributed by atoms with Gasteiger partial charge in [0.15, 0.2) is 11.3 Å². The van der Waals surface area contributed by atoms with Gasteiger partial charge in [0.1, 0.15) is 23.1 Å². The fraction of sp³-hybridized carbons (Fsp3) is 0.240. The summed E-state index contributed by atoms with van der Waals surface area (Å²) in [5, 5.41) is 26.6. The molecule has 14 nitrogen and oxygen atoms in total. The summed E-state index contributed by atoms with van der Waals surface area (Å²) in [6, 6.07) is 23.6. The highest BCUT2D eigenvalue weighted by molar-refractivity contribution is 5.97. The molecule has 4 N–H and O–H groups in total. The number of nitrogens with zero attached hydrogens (tertiary/aromatic N) is 6. The number of anilines is 2. The summed E-state index contributed by atoms with van der Waals surface area (Å²) in [5.41, 5.74) is 5.09. The maximum Gasteiger partial charge on any atom is 0.390 e. The van der Waals surface area contributed by atoms with E-state index >= 15 is 0 Å². The number of alkyl halides is 6. The topological polar surface area (TPSA) is 169 Å². The lowest BCUT2D eigenvalue weighted by atomic mass is 10.0. The summed E-state index contributed by atoms with van der Waals surface area (Å²) in [6.45, 7) is 4.69. The molecule has 0 atom stereocenters. The third-order valence-corrected chi connectivity index (χ3v) is 11.3. The standard InChI is InChI=1S/C27H25F4N5O2.C23H18F4N4O3/c1-16-12-17(6-7-20(16)25(37)34-26(2)8-9-26)22-15-33-24-21(32-11-10-27(29,30)31)14-23(35-36(22)24)38-19-5-3-4-18(28)13-19;1-13-9-14(5-6-17(13)22(32)33)19-12-29-21-18(28-8-7-23(25,26)27)11-20(30-31(19)21)34-16-4-2-3-15(24)10-16/h3-7,12-15,32H,8-11H2,1-2H3,(H,34,37);2-6,9-12,28H,7-8H2,1H3,(H,32,33). The molecular formula is C50H43F8N9O5. The van der Waals surface area contributed by atoms with E-state index in [0.29, 0.717) is 33.6 Å². The summed E-state index contributed by atoms with van der Waals surface area (Å²) >= 11 is 0. The largest absolute Gasteiger partial charge is 0.478 e. The van der Waals surface area contributed by atoms with Gasteiger partial charge in [0.25, 0.3) is 5.91 Å². The molecule has 1 aliphatic carbocycles. The molecule has 1 saturated carbocycles. The van der Waals surface area contributed by atoms with Crippen molar-refractivity contribution in [1.29, 1.82) is 0 Å². The molecule has 1 fully saturated rings. The summed E-state index contributed by atoms with van der Waals surface area (Å²) in [7, 11) is 0. The van der Waals surface area contributed by atoms with Crippen LogP contribution in [0.4, 0.5) is 46.5 Å². The number of imidazole rings is 2. The first-order valence-corrected chi connectivity index (χ1v) is 22.1. The second-order valence-corrected chi connectivity index (χ2v) is 17.1. The average molecular weight is 1000 g/mol. The Morgan fingerprint density at radius 2 is 1.10 bits per heavy atom. The molecule has 4 aromatic heterocycles. The van der Waals surface area contributed by atoms with E-state index in [1.807, 2.05) is 19.9 Å². The summed E-state index contributed by atoms with van der Waals surface area (Å²) < 4.78 is 118. The Labute approximate surface area is 404 Å². The highest BCUT2D eigenvalue weighted by Gasteiger charge is 2.39. The Morgan fingerprint density at radius 1 is 0.653 bits per heavy atom. The van der Waals surface area contributed by atoms with Gasteiger partial charge >= 0.3 is 18.3 Å². The van der Waals surface area contributed by atoms with Crippen molar-refractivity contribution in [3.63, 3.8) is 0 Å². The number of rotatable bonds is 15. The predicted molar refractivity (Wildman–Crippen MR) is 250 cm³/mol. The molecule has 9 rings (SSSR count). The number of ether oxygens (including phenoxy) is 2. The van der Waals surface area contributed by atoms with Gasteiger partial charge in [-0.25, -0.2) is 32.6 Å². The quantitative estimate of drug-likeness (QED) is 0.0721. The van der Waals surface area contributed by atoms with E-state index in [-0.39, 0.29) is 69.5 Å². The molecule has 0 radical (unpaired) electrons. The number of carbonyl (C=O) groups is 2. The third kappa shape index (κ3) is 12.3. The van der Waals surface area contributed by atoms with E-state index in [1.54, 1.807) is 37.4 Å². The first-order valence-electron chi connectivity index (χ1n) is 22.1. The number of hydrogen-bond donors (Lipinski definition) is 4. The Morgan fingerprint density at radius 3 is 1.49 bits per heavy atom. The molecule has 4 heterocycles. The minimum atomic E-state index is -4.35. The highest BCUT2D eigenvalue weighted by Crippen LogP contribution is 2.36. The minimum absolute atomic E-state index is 0.00858. The number of nitrogens with one attached hydrogen (secondary N) is 3. The molecule has 4 aromatic carbocycles. The van der Waals surface area contributed by atoms with E-state index in [9.17, 15) is 49.8 Å². The van der Waals surface area contributed by atoms with Gasteiger partial charge in [-0.3, -0.25) is 4.79 Å². The van der Waals surface area contributed by atoms with Crippen molar-refractivity contribution in [3.8, 4) is 45.8 Å². The maximum atomic E-state index is 13.7. The Hall–Kier alpha value is -8.30. The number of carboxylic acid groups (broad SMARTS) is 1. The second-order valence-electron chi connectivity index (χ2n) is 17.1. The third-order valence-electron chi connectivity index (χ3n) is 11.3. The van der Waals surface area contributed by atoms with Crippen molar-refractivity contribution in [1.82, 2.24) is 34.5 Å². The van der Waals surface area contributed by atoms with Gasteiger partial charge in [0, 0.05) is 59.6 Å². The van der Waals surface area contributed by atoms with Crippen LogP contribution in [0.3, 0.4) is 0 Å². The van der Waals surface area contributed by atoms with Crippen LogP contribution >= 0.6 is 0 Å². The van der Waals surface area contributed by atoms with Gasteiger partial charge in [-0.1, -0.05) is 24.3 Å². The molecule has 72 heavy (non-hydrogen) atoms. The lowest BCUT2D eigenvalue weighted by Crippen LogP contribution is -2.34. The van der Waals surface area contributed by atoms with Crippen LogP contribution in [0.1, 0.15) is 64.4 Å². The maximum absolute atomic E-state index is 13.7. The number of carboxylic acids is 1. The zero-order valence-electron chi connectivity index (χ0n) is 38.4. The van der Waals surface area contributed by atoms with E-state index < -0.39 is 49.3 Å². The van der Waals surface area contributed by atoms with Crippen LogP contribution in [0.15, 0.2) is 109 Å². The molecule has 0 spiro atoms. The molecule has 374 valence electrons. The van der Waals surface area contributed by atoms with Gasteiger partial charge in [0.05, 0.1) is 53.6 Å². The number of halogens is 8. The molecule has 8 aromatic rings. The first kappa shape index (κ1) is 50.1. The number of aromatic nitrogens is 6. The average Bonchev–Trinajstić information content (AvgIpc) is 3.63. The SMILES string of the molecule is Cc1cc(-c2cnc3c(NCCC(F)(F)F)cc(Oc4cccc(F)c4)nn23)ccc1C(=O)NC1(C)CC1.Cc1cc(-c2cnc3c(NCCC(F)(F)F)cc(Oc4cccc(F)c4)nn23)ccc1C(=O)O. The van der Waals surface area contributed by atoms with Gasteiger partial charge in [-0.2, -0.15) is 26.3 Å². The number of aromatic carboxylic acids is 1. The van der Waals surface area contributed by atoms with Gasteiger partial charge in [0.2, 0.25) is 11.8 Å². The monoisotopic (exact) mass is 1000 g/mol. The molecule has 0 aliphatic heterocycles. The lowest BCUT2D eigenvalue weighted by Gasteiger charge is -2.14. The van der Waals surface area contributed by atoms with Crippen molar-refractivity contribution in [2.24, 2.45) is 0 Å². The molecule has 1 aliphatic rings. The first-order chi connectivity index (χ1) is 34.1. The number of amides is 1. The van der Waals surface area contributed by atoms with Crippen LogP contribution in [-0.2, 0) is 0 Å². The van der Waals surface area contributed by atoms with Gasteiger partial charge in [-0.05, 0) is 93.3 Å². The van der Waals surface area contributed by atoms with Crippen molar-refractivity contribution >= 4 is 34.5 Å². The molecule has 0 saturated heterocycles. The minimum Gasteiger partial charge on any atom is -0.478 e. The molecule has 0 unspecified atom stereocenters. The predicted octanol–water partition coefficient (Wildman–Crippen LogP) is 12.0. The van der Waals surface area contributed by atoms with Crippen LogP contribution in [0.5, 0.6) is 23.3 Å². The normalized spacial score (nSPS) is 13.0. The van der Waals surface area contributed by atoms with Crippen LogP contribution in [0.2, 0.25) is 0 Å². The van der Waals surface area contributed by atoms with Crippen molar-refractivity contribution in [2.45, 2.75) is 64.3 Å².